The highest BCUT2D eigenvalue weighted by atomic mass is 16.5. The smallest absolute Gasteiger partial charge is 0.233 e. The molecule has 7 heteroatoms. The minimum absolute atomic E-state index is 0.233. The SMILES string of the molecule is Cc1cc(-c2ccc(-c3ccc(OC4CC5CCC(C4)N5)nn3)c3c2CNN3)ccn1. The number of anilines is 1. The zero-order chi connectivity index (χ0) is 20.8. The lowest BCUT2D eigenvalue weighted by molar-refractivity contribution is 0.130. The minimum atomic E-state index is 0.233. The molecule has 158 valence electrons. The van der Waals surface area contributed by atoms with E-state index in [1.54, 1.807) is 0 Å². The van der Waals surface area contributed by atoms with Crippen molar-refractivity contribution in [3.63, 3.8) is 0 Å². The molecular weight excluding hydrogens is 388 g/mol. The van der Waals surface area contributed by atoms with E-state index in [0.29, 0.717) is 18.0 Å². The number of nitrogens with one attached hydrogen (secondary N) is 3. The van der Waals surface area contributed by atoms with Crippen molar-refractivity contribution < 1.29 is 4.74 Å². The first-order valence-corrected chi connectivity index (χ1v) is 11.1. The number of hydrogen-bond acceptors (Lipinski definition) is 7. The summed E-state index contributed by atoms with van der Waals surface area (Å²) in [4.78, 5) is 4.32. The van der Waals surface area contributed by atoms with Crippen LogP contribution in [0, 0.1) is 6.92 Å². The number of hydrazine groups is 1. The molecule has 3 N–H and O–H groups in total. The van der Waals surface area contributed by atoms with Gasteiger partial charge in [-0.15, -0.1) is 10.2 Å². The summed E-state index contributed by atoms with van der Waals surface area (Å²) >= 11 is 0. The van der Waals surface area contributed by atoms with Crippen molar-refractivity contribution in [3.05, 3.63) is 53.9 Å². The maximum Gasteiger partial charge on any atom is 0.233 e. The lowest BCUT2D eigenvalue weighted by atomic mass is 9.95. The standard InChI is InChI=1S/C24H26N6O/c1-14-10-15(8-9-25-14)19-4-5-20(24-21(19)13-26-30-24)22-6-7-23(29-28-22)31-18-11-16-2-3-17(12-18)27-16/h4-10,16-18,26-27,30H,2-3,11-13H2,1H3. The molecule has 2 unspecified atom stereocenters. The van der Waals surface area contributed by atoms with E-state index in [9.17, 15) is 0 Å². The van der Waals surface area contributed by atoms with Gasteiger partial charge in [0, 0.05) is 47.7 Å². The van der Waals surface area contributed by atoms with E-state index < -0.39 is 0 Å². The summed E-state index contributed by atoms with van der Waals surface area (Å²) in [7, 11) is 0. The van der Waals surface area contributed by atoms with Gasteiger partial charge in [-0.1, -0.05) is 6.07 Å². The number of rotatable bonds is 4. The highest BCUT2D eigenvalue weighted by Crippen LogP contribution is 2.39. The molecule has 0 radical (unpaired) electrons. The first kappa shape index (κ1) is 18.7. The predicted molar refractivity (Wildman–Crippen MR) is 119 cm³/mol. The van der Waals surface area contributed by atoms with Crippen molar-refractivity contribution in [3.8, 4) is 28.3 Å². The first-order valence-electron chi connectivity index (χ1n) is 11.1. The molecule has 3 aliphatic heterocycles. The summed E-state index contributed by atoms with van der Waals surface area (Å²) < 4.78 is 6.16. The number of aromatic nitrogens is 3. The molecule has 0 spiro atoms. The van der Waals surface area contributed by atoms with E-state index in [1.807, 2.05) is 25.3 Å². The van der Waals surface area contributed by atoms with E-state index in [1.165, 1.54) is 29.5 Å². The van der Waals surface area contributed by atoms with Crippen LogP contribution in [0.15, 0.2) is 42.6 Å². The van der Waals surface area contributed by atoms with Gasteiger partial charge in [0.15, 0.2) is 0 Å². The molecule has 31 heavy (non-hydrogen) atoms. The van der Waals surface area contributed by atoms with E-state index in [-0.39, 0.29) is 6.10 Å². The summed E-state index contributed by atoms with van der Waals surface area (Å²) in [6, 6.07) is 13.6. The molecule has 2 bridgehead atoms. The van der Waals surface area contributed by atoms with Gasteiger partial charge >= 0.3 is 0 Å². The van der Waals surface area contributed by atoms with Crippen molar-refractivity contribution in [1.82, 2.24) is 25.9 Å². The van der Waals surface area contributed by atoms with Crippen molar-refractivity contribution in [1.29, 1.82) is 0 Å². The molecule has 5 heterocycles. The molecular formula is C24H26N6O. The Balaban J connectivity index is 1.26. The molecule has 3 aliphatic rings. The molecule has 7 nitrogen and oxygen atoms in total. The number of hydrogen-bond donors (Lipinski definition) is 3. The van der Waals surface area contributed by atoms with E-state index in [4.69, 9.17) is 4.74 Å². The van der Waals surface area contributed by atoms with Crippen molar-refractivity contribution in [2.45, 2.75) is 57.3 Å². The number of benzene rings is 1. The number of fused-ring (bicyclic) bond motifs is 3. The Hall–Kier alpha value is -3.03. The van der Waals surface area contributed by atoms with Crippen LogP contribution >= 0.6 is 0 Å². The zero-order valence-electron chi connectivity index (χ0n) is 17.6. The number of pyridine rings is 1. The van der Waals surface area contributed by atoms with E-state index in [0.717, 1.165) is 42.0 Å². The Morgan fingerprint density at radius 2 is 1.81 bits per heavy atom. The maximum atomic E-state index is 6.16. The summed E-state index contributed by atoms with van der Waals surface area (Å²) in [5.41, 5.74) is 14.1. The fourth-order valence-corrected chi connectivity index (χ4v) is 5.19. The number of nitrogens with zero attached hydrogens (tertiary/aromatic N) is 3. The normalized spacial score (nSPS) is 24.0. The second kappa shape index (κ2) is 7.59. The van der Waals surface area contributed by atoms with Crippen LogP contribution in [0.2, 0.25) is 0 Å². The van der Waals surface area contributed by atoms with Crippen LogP contribution in [0.5, 0.6) is 5.88 Å². The highest BCUT2D eigenvalue weighted by molar-refractivity contribution is 5.86. The van der Waals surface area contributed by atoms with Crippen LogP contribution in [0.25, 0.3) is 22.4 Å². The highest BCUT2D eigenvalue weighted by Gasteiger charge is 2.34. The van der Waals surface area contributed by atoms with E-state index in [2.05, 4.69) is 55.6 Å². The van der Waals surface area contributed by atoms with Crippen LogP contribution in [0.1, 0.15) is 36.9 Å². The number of ether oxygens (including phenoxy) is 1. The fourth-order valence-electron chi connectivity index (χ4n) is 5.19. The van der Waals surface area contributed by atoms with Crippen molar-refractivity contribution in [2.24, 2.45) is 0 Å². The molecule has 6 rings (SSSR count). The molecule has 0 amide bonds. The van der Waals surface area contributed by atoms with Gasteiger partial charge in [0.25, 0.3) is 0 Å². The van der Waals surface area contributed by atoms with Crippen LogP contribution in [0.4, 0.5) is 5.69 Å². The predicted octanol–water partition coefficient (Wildman–Crippen LogP) is 3.61. The third-order valence-corrected chi connectivity index (χ3v) is 6.63. The van der Waals surface area contributed by atoms with Crippen molar-refractivity contribution in [2.75, 3.05) is 5.43 Å². The monoisotopic (exact) mass is 414 g/mol. The van der Waals surface area contributed by atoms with Gasteiger partial charge in [-0.05, 0) is 68.0 Å². The van der Waals surface area contributed by atoms with Gasteiger partial charge in [-0.25, -0.2) is 5.43 Å². The Labute approximate surface area is 181 Å². The molecule has 2 atom stereocenters. The van der Waals surface area contributed by atoms with Crippen LogP contribution in [-0.4, -0.2) is 33.4 Å². The largest absolute Gasteiger partial charge is 0.473 e. The quantitative estimate of drug-likeness (QED) is 0.601. The lowest BCUT2D eigenvalue weighted by Gasteiger charge is -2.28. The first-order chi connectivity index (χ1) is 15.2. The molecule has 0 saturated carbocycles. The number of piperidine rings is 1. The molecule has 0 aliphatic carbocycles. The van der Waals surface area contributed by atoms with Crippen LogP contribution in [-0.2, 0) is 6.54 Å². The maximum absolute atomic E-state index is 6.16. The summed E-state index contributed by atoms with van der Waals surface area (Å²) in [5.74, 6) is 0.613. The topological polar surface area (TPSA) is 84.0 Å². The minimum Gasteiger partial charge on any atom is -0.473 e. The van der Waals surface area contributed by atoms with Gasteiger partial charge in [0.05, 0.1) is 11.4 Å². The van der Waals surface area contributed by atoms with Crippen LogP contribution in [0.3, 0.4) is 0 Å². The van der Waals surface area contributed by atoms with Gasteiger partial charge < -0.3 is 15.5 Å². The molecule has 1 aromatic carbocycles. The van der Waals surface area contributed by atoms with Crippen LogP contribution < -0.4 is 20.9 Å². The second-order valence-electron chi connectivity index (χ2n) is 8.78. The Kier molecular flexibility index (Phi) is 4.58. The molecule has 2 aromatic heterocycles. The lowest BCUT2D eigenvalue weighted by Crippen LogP contribution is -2.42. The Morgan fingerprint density at radius 3 is 2.58 bits per heavy atom. The third-order valence-electron chi connectivity index (χ3n) is 6.63. The molecule has 3 aromatic rings. The molecule has 2 fully saturated rings. The van der Waals surface area contributed by atoms with Gasteiger partial charge in [-0.2, -0.15) is 0 Å². The summed E-state index contributed by atoms with van der Waals surface area (Å²) in [6.45, 7) is 2.77. The van der Waals surface area contributed by atoms with Gasteiger partial charge in [0.1, 0.15) is 6.10 Å². The van der Waals surface area contributed by atoms with E-state index >= 15 is 0 Å². The van der Waals surface area contributed by atoms with Gasteiger partial charge in [-0.3, -0.25) is 4.98 Å². The average Bonchev–Trinajstić information content (AvgIpc) is 3.40. The number of aryl methyl sites for hydroxylation is 1. The zero-order valence-corrected chi connectivity index (χ0v) is 17.6. The van der Waals surface area contributed by atoms with Crippen molar-refractivity contribution >= 4 is 5.69 Å². The Bertz CT molecular complexity index is 1100. The average molecular weight is 415 g/mol. The fraction of sp³-hybridized carbons (Fsp3) is 0.375. The summed E-state index contributed by atoms with van der Waals surface area (Å²) in [5, 5.41) is 12.5. The summed E-state index contributed by atoms with van der Waals surface area (Å²) in [6.07, 6.45) is 6.72. The van der Waals surface area contributed by atoms with Gasteiger partial charge in [0.2, 0.25) is 5.88 Å². The second-order valence-corrected chi connectivity index (χ2v) is 8.78. The third kappa shape index (κ3) is 3.54. The molecule has 2 saturated heterocycles. The Morgan fingerprint density at radius 1 is 0.968 bits per heavy atom.